The number of carbonyl (C=O) groups excluding carboxylic acids is 1. The molecule has 0 spiro atoms. The number of hydrogen-bond donors (Lipinski definition) is 3. The van der Waals surface area contributed by atoms with Crippen molar-refractivity contribution in [3.63, 3.8) is 0 Å². The monoisotopic (exact) mass is 547 g/mol. The Kier molecular flexibility index (Phi) is 9.27. The van der Waals surface area contributed by atoms with Gasteiger partial charge in [0, 0.05) is 18.8 Å². The predicted octanol–water partition coefficient (Wildman–Crippen LogP) is 2.38. The molecule has 2 aromatic carbocycles. The second-order valence-corrected chi connectivity index (χ2v) is 12.2. The summed E-state index contributed by atoms with van der Waals surface area (Å²) in [7, 11) is -3.93. The van der Waals surface area contributed by atoms with Crippen molar-refractivity contribution in [2.24, 2.45) is 11.8 Å². The van der Waals surface area contributed by atoms with Gasteiger partial charge in [-0.3, -0.25) is 0 Å². The minimum absolute atomic E-state index is 0.000183. The topological polar surface area (TPSA) is 140 Å². The lowest BCUT2D eigenvalue weighted by atomic mass is 10.0. The molecule has 2 aromatic rings. The SMILES string of the molecule is CC(C)CN(CC(O)[C@H](Cc1ccccc1)NC(=O)O[C@H]1CO[C@H]2OCC[C@H]21)S(=O)(=O)c1ccc(N)cc1. The Hall–Kier alpha value is -2.70. The number of nitrogens with one attached hydrogen (secondary N) is 1. The van der Waals surface area contributed by atoms with Crippen molar-refractivity contribution in [2.45, 2.75) is 56.1 Å². The molecule has 4 N–H and O–H groups in total. The van der Waals surface area contributed by atoms with Crippen LogP contribution in [0, 0.1) is 11.8 Å². The minimum atomic E-state index is -3.93. The lowest BCUT2D eigenvalue weighted by molar-refractivity contribution is -0.0907. The molecule has 2 fully saturated rings. The fourth-order valence-electron chi connectivity index (χ4n) is 4.82. The smallest absolute Gasteiger partial charge is 0.407 e. The highest BCUT2D eigenvalue weighted by Crippen LogP contribution is 2.33. The van der Waals surface area contributed by atoms with Crippen LogP contribution >= 0.6 is 0 Å². The number of nitrogen functional groups attached to an aromatic ring is 1. The molecule has 0 aliphatic carbocycles. The first-order chi connectivity index (χ1) is 18.1. The van der Waals surface area contributed by atoms with Crippen LogP contribution in [0.1, 0.15) is 25.8 Å². The largest absolute Gasteiger partial charge is 0.443 e. The van der Waals surface area contributed by atoms with Crippen LogP contribution in [0.2, 0.25) is 0 Å². The number of alkyl carbamates (subject to hydrolysis) is 1. The first-order valence-electron chi connectivity index (χ1n) is 12.9. The molecule has 38 heavy (non-hydrogen) atoms. The summed E-state index contributed by atoms with van der Waals surface area (Å²) in [5.74, 6) is -0.0231. The Labute approximate surface area is 224 Å². The summed E-state index contributed by atoms with van der Waals surface area (Å²) in [6.07, 6.45) is -1.69. The van der Waals surface area contributed by atoms with Gasteiger partial charge in [-0.05, 0) is 48.6 Å². The third-order valence-electron chi connectivity index (χ3n) is 6.79. The maximum atomic E-state index is 13.5. The summed E-state index contributed by atoms with van der Waals surface area (Å²) in [5.41, 5.74) is 7.07. The molecule has 10 nitrogen and oxygen atoms in total. The maximum Gasteiger partial charge on any atom is 0.407 e. The number of nitrogens with zero attached hydrogens (tertiary/aromatic N) is 1. The molecule has 1 unspecified atom stereocenters. The van der Waals surface area contributed by atoms with Gasteiger partial charge < -0.3 is 30.4 Å². The van der Waals surface area contributed by atoms with E-state index in [1.165, 1.54) is 28.6 Å². The van der Waals surface area contributed by atoms with Crippen LogP contribution in [-0.4, -0.2) is 74.8 Å². The zero-order valence-corrected chi connectivity index (χ0v) is 22.5. The Morgan fingerprint density at radius 3 is 2.53 bits per heavy atom. The zero-order valence-electron chi connectivity index (χ0n) is 21.7. The van der Waals surface area contributed by atoms with Crippen molar-refractivity contribution in [1.82, 2.24) is 9.62 Å². The Bertz CT molecular complexity index is 1160. The van der Waals surface area contributed by atoms with E-state index in [-0.39, 0.29) is 49.1 Å². The number of anilines is 1. The van der Waals surface area contributed by atoms with Crippen LogP contribution in [0.3, 0.4) is 0 Å². The number of fused-ring (bicyclic) bond motifs is 1. The van der Waals surface area contributed by atoms with Crippen LogP contribution in [0.25, 0.3) is 0 Å². The summed E-state index contributed by atoms with van der Waals surface area (Å²) in [4.78, 5) is 13.0. The number of hydrogen-bond acceptors (Lipinski definition) is 8. The number of benzene rings is 2. The molecule has 11 heteroatoms. The van der Waals surface area contributed by atoms with E-state index in [0.29, 0.717) is 12.3 Å². The predicted molar refractivity (Wildman–Crippen MR) is 142 cm³/mol. The van der Waals surface area contributed by atoms with E-state index < -0.39 is 34.4 Å². The van der Waals surface area contributed by atoms with E-state index in [2.05, 4.69) is 5.32 Å². The number of aliphatic hydroxyl groups excluding tert-OH is 1. The number of sulfonamides is 1. The lowest BCUT2D eigenvalue weighted by Crippen LogP contribution is -2.51. The van der Waals surface area contributed by atoms with Gasteiger partial charge in [0.1, 0.15) is 6.10 Å². The first-order valence-corrected chi connectivity index (χ1v) is 14.4. The highest BCUT2D eigenvalue weighted by atomic mass is 32.2. The summed E-state index contributed by atoms with van der Waals surface area (Å²) in [6.45, 7) is 4.58. The number of amides is 1. The molecule has 2 saturated heterocycles. The van der Waals surface area contributed by atoms with E-state index in [1.54, 1.807) is 0 Å². The Morgan fingerprint density at radius 2 is 1.84 bits per heavy atom. The van der Waals surface area contributed by atoms with E-state index in [0.717, 1.165) is 12.0 Å². The standard InChI is InChI=1S/C27H37N3O7S/c1-18(2)15-30(38(33,34)21-10-8-20(28)9-11-21)16-24(31)23(14-19-6-4-3-5-7-19)29-27(32)37-25-17-36-26-22(25)12-13-35-26/h3-11,18,22-26,31H,12-17,28H2,1-2H3,(H,29,32)/t22-,23-,24?,25-,26+/m0/s1. The van der Waals surface area contributed by atoms with Crippen molar-refractivity contribution in [3.05, 3.63) is 60.2 Å². The van der Waals surface area contributed by atoms with Gasteiger partial charge in [-0.25, -0.2) is 13.2 Å². The van der Waals surface area contributed by atoms with Crippen molar-refractivity contribution in [3.8, 4) is 0 Å². The van der Waals surface area contributed by atoms with E-state index in [4.69, 9.17) is 19.9 Å². The van der Waals surface area contributed by atoms with Crippen molar-refractivity contribution in [2.75, 3.05) is 32.0 Å². The molecule has 2 aliphatic rings. The second kappa shape index (κ2) is 12.4. The molecule has 0 aromatic heterocycles. The van der Waals surface area contributed by atoms with Gasteiger partial charge in [-0.2, -0.15) is 4.31 Å². The molecular formula is C27H37N3O7S. The van der Waals surface area contributed by atoms with Crippen molar-refractivity contribution in [1.29, 1.82) is 0 Å². The van der Waals surface area contributed by atoms with Gasteiger partial charge >= 0.3 is 6.09 Å². The average Bonchev–Trinajstić information content (AvgIpc) is 3.49. The molecule has 0 saturated carbocycles. The Balaban J connectivity index is 1.51. The van der Waals surface area contributed by atoms with Crippen molar-refractivity contribution >= 4 is 21.8 Å². The second-order valence-electron chi connectivity index (χ2n) is 10.3. The summed E-state index contributed by atoms with van der Waals surface area (Å²) in [6, 6.07) is 14.5. The summed E-state index contributed by atoms with van der Waals surface area (Å²) in [5, 5.41) is 14.1. The quantitative estimate of drug-likeness (QED) is 0.364. The molecule has 2 aliphatic heterocycles. The van der Waals surface area contributed by atoms with Crippen LogP contribution in [0.15, 0.2) is 59.5 Å². The van der Waals surface area contributed by atoms with Gasteiger partial charge in [-0.15, -0.1) is 0 Å². The Morgan fingerprint density at radius 1 is 1.13 bits per heavy atom. The number of rotatable bonds is 11. The first kappa shape index (κ1) is 28.3. The normalized spacial score (nSPS) is 22.8. The summed E-state index contributed by atoms with van der Waals surface area (Å²) < 4.78 is 44.9. The molecule has 4 rings (SSSR count). The van der Waals surface area contributed by atoms with Gasteiger partial charge in [0.05, 0.1) is 36.2 Å². The zero-order chi connectivity index (χ0) is 27.3. The number of ether oxygens (including phenoxy) is 3. The van der Waals surface area contributed by atoms with E-state index in [9.17, 15) is 18.3 Å². The third-order valence-corrected chi connectivity index (χ3v) is 8.63. The summed E-state index contributed by atoms with van der Waals surface area (Å²) >= 11 is 0. The molecule has 5 atom stereocenters. The number of carbonyl (C=O) groups is 1. The highest BCUT2D eigenvalue weighted by Gasteiger charge is 2.44. The fraction of sp³-hybridized carbons (Fsp3) is 0.519. The van der Waals surface area contributed by atoms with E-state index >= 15 is 0 Å². The average molecular weight is 548 g/mol. The lowest BCUT2D eigenvalue weighted by Gasteiger charge is -2.31. The van der Waals surface area contributed by atoms with Gasteiger partial charge in [0.15, 0.2) is 6.29 Å². The number of aliphatic hydroxyl groups is 1. The van der Waals surface area contributed by atoms with Crippen LogP contribution < -0.4 is 11.1 Å². The number of nitrogens with two attached hydrogens (primary N) is 1. The van der Waals surface area contributed by atoms with Gasteiger partial charge in [-0.1, -0.05) is 44.2 Å². The maximum absolute atomic E-state index is 13.5. The van der Waals surface area contributed by atoms with Crippen LogP contribution in [-0.2, 0) is 30.7 Å². The van der Waals surface area contributed by atoms with Crippen LogP contribution in [0.4, 0.5) is 10.5 Å². The van der Waals surface area contributed by atoms with Crippen molar-refractivity contribution < 1.29 is 32.5 Å². The molecule has 208 valence electrons. The molecule has 0 bridgehead atoms. The van der Waals surface area contributed by atoms with Gasteiger partial charge in [0.2, 0.25) is 10.0 Å². The van der Waals surface area contributed by atoms with Crippen LogP contribution in [0.5, 0.6) is 0 Å². The molecular weight excluding hydrogens is 510 g/mol. The highest BCUT2D eigenvalue weighted by molar-refractivity contribution is 7.89. The van der Waals surface area contributed by atoms with Gasteiger partial charge in [0.25, 0.3) is 0 Å². The molecule has 2 heterocycles. The van der Waals surface area contributed by atoms with E-state index in [1.807, 2.05) is 44.2 Å². The minimum Gasteiger partial charge on any atom is -0.443 e. The fourth-order valence-corrected chi connectivity index (χ4v) is 6.45. The molecule has 1 amide bonds. The third kappa shape index (κ3) is 7.03. The molecule has 0 radical (unpaired) electrons.